The molecule has 1 aliphatic heterocycles. The highest BCUT2D eigenvalue weighted by atomic mass is 79.9. The molecule has 0 N–H and O–H groups in total. The highest BCUT2D eigenvalue weighted by Crippen LogP contribution is 2.40. The van der Waals surface area contributed by atoms with Crippen molar-refractivity contribution < 1.29 is 9.47 Å². The van der Waals surface area contributed by atoms with Gasteiger partial charge in [-0.25, -0.2) is 0 Å². The van der Waals surface area contributed by atoms with Gasteiger partial charge in [0.2, 0.25) is 11.8 Å². The molecule has 0 radical (unpaired) electrons. The van der Waals surface area contributed by atoms with Crippen LogP contribution in [-0.4, -0.2) is 30.1 Å². The maximum atomic E-state index is 6.51. The van der Waals surface area contributed by atoms with Crippen molar-refractivity contribution in [2.75, 3.05) is 20.2 Å². The minimum Gasteiger partial charge on any atom is -0.481 e. The molecule has 1 saturated heterocycles. The van der Waals surface area contributed by atoms with Gasteiger partial charge in [-0.05, 0) is 62.0 Å². The van der Waals surface area contributed by atoms with Gasteiger partial charge in [-0.15, -0.1) is 0 Å². The van der Waals surface area contributed by atoms with Crippen molar-refractivity contribution in [2.45, 2.75) is 38.3 Å². The summed E-state index contributed by atoms with van der Waals surface area (Å²) in [6.45, 7) is 3.05. The van der Waals surface area contributed by atoms with Crippen LogP contribution in [0, 0.1) is 0 Å². The summed E-state index contributed by atoms with van der Waals surface area (Å²) in [5.41, 5.74) is 3.53. The van der Waals surface area contributed by atoms with Gasteiger partial charge in [-0.2, -0.15) is 4.98 Å². The fraction of sp³-hybridized carbons (Fsp3) is 0.450. The Balaban J connectivity index is 1.57. The quantitative estimate of drug-likeness (QED) is 0.646. The van der Waals surface area contributed by atoms with Gasteiger partial charge in [0.15, 0.2) is 0 Å². The lowest BCUT2D eigenvalue weighted by molar-refractivity contribution is 0.196. The molecule has 0 unspecified atom stereocenters. The van der Waals surface area contributed by atoms with Crippen molar-refractivity contribution in [3.05, 3.63) is 50.5 Å². The highest BCUT2D eigenvalue weighted by Gasteiger charge is 2.27. The minimum atomic E-state index is -0.0263. The van der Waals surface area contributed by atoms with Crippen molar-refractivity contribution in [3.63, 3.8) is 0 Å². The molecule has 0 bridgehead atoms. The van der Waals surface area contributed by atoms with E-state index in [2.05, 4.69) is 37.9 Å². The van der Waals surface area contributed by atoms with Gasteiger partial charge in [0.05, 0.1) is 7.11 Å². The molecule has 2 aliphatic rings. The van der Waals surface area contributed by atoms with Crippen LogP contribution in [0.1, 0.15) is 42.1 Å². The first-order chi connectivity index (χ1) is 12.7. The molecule has 2 heterocycles. The van der Waals surface area contributed by atoms with Crippen LogP contribution in [0.5, 0.6) is 11.8 Å². The number of aromatic nitrogens is 1. The largest absolute Gasteiger partial charge is 0.481 e. The number of halogens is 2. The van der Waals surface area contributed by atoms with Gasteiger partial charge in [0, 0.05) is 16.6 Å². The van der Waals surface area contributed by atoms with Gasteiger partial charge in [-0.3, -0.25) is 4.90 Å². The molecule has 0 amide bonds. The lowest BCUT2D eigenvalue weighted by Gasteiger charge is -2.19. The van der Waals surface area contributed by atoms with Crippen molar-refractivity contribution in [1.29, 1.82) is 0 Å². The zero-order valence-electron chi connectivity index (χ0n) is 14.8. The Labute approximate surface area is 167 Å². The standard InChI is InChI=1S/C20H22BrClN2O2/c1-25-19-13(12-24-9-2-3-10-24)11-17(22)20(23-19)26-18-8-7-14-15(18)5-4-6-16(14)21/h4-6,11,18H,2-3,7-10,12H2,1H3/t18-/m0/s1. The highest BCUT2D eigenvalue weighted by molar-refractivity contribution is 9.10. The minimum absolute atomic E-state index is 0.0263. The molecule has 6 heteroatoms. The van der Waals surface area contributed by atoms with Crippen LogP contribution >= 0.6 is 27.5 Å². The van der Waals surface area contributed by atoms with Crippen LogP contribution in [0.25, 0.3) is 0 Å². The summed E-state index contributed by atoms with van der Waals surface area (Å²) >= 11 is 10.1. The van der Waals surface area contributed by atoms with Crippen LogP contribution < -0.4 is 9.47 Å². The number of rotatable bonds is 5. The number of pyridine rings is 1. The number of benzene rings is 1. The first-order valence-corrected chi connectivity index (χ1v) is 10.2. The maximum absolute atomic E-state index is 6.51. The smallest absolute Gasteiger partial charge is 0.236 e. The first kappa shape index (κ1) is 18.1. The molecule has 2 aromatic rings. The molecule has 0 spiro atoms. The van der Waals surface area contributed by atoms with E-state index in [1.807, 2.05) is 12.1 Å². The fourth-order valence-electron chi connectivity index (χ4n) is 3.88. The van der Waals surface area contributed by atoms with E-state index in [0.29, 0.717) is 16.8 Å². The number of hydrogen-bond donors (Lipinski definition) is 0. The van der Waals surface area contributed by atoms with E-state index in [0.717, 1.165) is 42.5 Å². The average molecular weight is 438 g/mol. The fourth-order valence-corrected chi connectivity index (χ4v) is 4.68. The van der Waals surface area contributed by atoms with E-state index in [4.69, 9.17) is 21.1 Å². The number of ether oxygens (including phenoxy) is 2. The van der Waals surface area contributed by atoms with E-state index in [-0.39, 0.29) is 6.10 Å². The summed E-state index contributed by atoms with van der Waals surface area (Å²) in [4.78, 5) is 6.98. The van der Waals surface area contributed by atoms with E-state index in [9.17, 15) is 0 Å². The number of methoxy groups -OCH3 is 1. The molecule has 26 heavy (non-hydrogen) atoms. The summed E-state index contributed by atoms with van der Waals surface area (Å²) in [6.07, 6.45) is 4.39. The SMILES string of the molecule is COc1nc(O[C@H]2CCc3c(Br)cccc32)c(Cl)cc1CN1CCCC1. The topological polar surface area (TPSA) is 34.6 Å². The lowest BCUT2D eigenvalue weighted by Crippen LogP contribution is -2.19. The Hall–Kier alpha value is -1.30. The van der Waals surface area contributed by atoms with Crippen molar-refractivity contribution in [2.24, 2.45) is 0 Å². The Bertz CT molecular complexity index is 809. The van der Waals surface area contributed by atoms with Gasteiger partial charge in [0.25, 0.3) is 0 Å². The average Bonchev–Trinajstić information content (AvgIpc) is 3.28. The van der Waals surface area contributed by atoms with Gasteiger partial charge >= 0.3 is 0 Å². The van der Waals surface area contributed by atoms with Crippen molar-refractivity contribution in [1.82, 2.24) is 9.88 Å². The second kappa shape index (κ2) is 7.75. The normalized spacial score (nSPS) is 19.6. The molecule has 4 nitrogen and oxygen atoms in total. The van der Waals surface area contributed by atoms with E-state index in [1.54, 1.807) is 7.11 Å². The summed E-state index contributed by atoms with van der Waals surface area (Å²) < 4.78 is 12.9. The second-order valence-electron chi connectivity index (χ2n) is 6.88. The molecule has 1 aromatic carbocycles. The number of fused-ring (bicyclic) bond motifs is 1. The van der Waals surface area contributed by atoms with Crippen LogP contribution in [0.15, 0.2) is 28.7 Å². The maximum Gasteiger partial charge on any atom is 0.236 e. The predicted molar refractivity (Wildman–Crippen MR) is 106 cm³/mol. The molecule has 1 atom stereocenters. The third-order valence-corrected chi connectivity index (χ3v) is 6.20. The Morgan fingerprint density at radius 2 is 2.08 bits per heavy atom. The van der Waals surface area contributed by atoms with Crippen LogP contribution in [0.4, 0.5) is 0 Å². The van der Waals surface area contributed by atoms with Gasteiger partial charge in [0.1, 0.15) is 11.1 Å². The third-order valence-electron chi connectivity index (χ3n) is 5.18. The summed E-state index contributed by atoms with van der Waals surface area (Å²) in [6, 6.07) is 8.17. The number of nitrogens with zero attached hydrogens (tertiary/aromatic N) is 2. The second-order valence-corrected chi connectivity index (χ2v) is 8.14. The summed E-state index contributed by atoms with van der Waals surface area (Å²) in [7, 11) is 1.65. The Kier molecular flexibility index (Phi) is 5.39. The number of likely N-dealkylation sites (tertiary alicyclic amines) is 1. The van der Waals surface area contributed by atoms with Gasteiger partial charge < -0.3 is 9.47 Å². The van der Waals surface area contributed by atoms with Crippen LogP contribution in [0.3, 0.4) is 0 Å². The van der Waals surface area contributed by atoms with E-state index >= 15 is 0 Å². The monoisotopic (exact) mass is 436 g/mol. The third kappa shape index (κ3) is 3.57. The predicted octanol–water partition coefficient (Wildman–Crippen LogP) is 5.17. The molecule has 138 valence electrons. The van der Waals surface area contributed by atoms with Crippen molar-refractivity contribution >= 4 is 27.5 Å². The van der Waals surface area contributed by atoms with Crippen LogP contribution in [-0.2, 0) is 13.0 Å². The van der Waals surface area contributed by atoms with Gasteiger partial charge in [-0.1, -0.05) is 39.7 Å². The molecule has 0 saturated carbocycles. The molecule has 1 aliphatic carbocycles. The summed E-state index contributed by atoms with van der Waals surface area (Å²) in [5.74, 6) is 1.05. The molecule has 1 fully saturated rings. The Morgan fingerprint density at radius 1 is 1.27 bits per heavy atom. The molecular weight excluding hydrogens is 416 g/mol. The van der Waals surface area contributed by atoms with E-state index in [1.165, 1.54) is 24.0 Å². The van der Waals surface area contributed by atoms with Crippen LogP contribution in [0.2, 0.25) is 5.02 Å². The number of hydrogen-bond acceptors (Lipinski definition) is 4. The molecular formula is C20H22BrClN2O2. The molecule has 4 rings (SSSR count). The summed E-state index contributed by atoms with van der Waals surface area (Å²) in [5, 5.41) is 0.545. The van der Waals surface area contributed by atoms with E-state index < -0.39 is 0 Å². The zero-order chi connectivity index (χ0) is 18.1. The first-order valence-electron chi connectivity index (χ1n) is 9.05. The zero-order valence-corrected chi connectivity index (χ0v) is 17.1. The molecule has 1 aromatic heterocycles. The van der Waals surface area contributed by atoms with Crippen molar-refractivity contribution in [3.8, 4) is 11.8 Å². The Morgan fingerprint density at radius 3 is 2.85 bits per heavy atom. The lowest BCUT2D eigenvalue weighted by atomic mass is 10.1.